The van der Waals surface area contributed by atoms with Crippen molar-refractivity contribution in [1.82, 2.24) is 9.88 Å². The summed E-state index contributed by atoms with van der Waals surface area (Å²) in [6, 6.07) is 7.96. The van der Waals surface area contributed by atoms with E-state index in [2.05, 4.69) is 21.2 Å². The van der Waals surface area contributed by atoms with Gasteiger partial charge in [0.05, 0.1) is 6.54 Å². The summed E-state index contributed by atoms with van der Waals surface area (Å²) in [7, 11) is 1.49. The van der Waals surface area contributed by atoms with Gasteiger partial charge >= 0.3 is 0 Å². The zero-order valence-corrected chi connectivity index (χ0v) is 17.2. The van der Waals surface area contributed by atoms with Crippen LogP contribution in [-0.2, 0) is 13.2 Å². The highest BCUT2D eigenvalue weighted by atomic mass is 79.9. The molecule has 0 radical (unpaired) electrons. The standard InChI is InChI=1S/C20H17BrF2N2O4/c1-11-7-17(28-10-12-3-4-13(22)8-15(12)23)18(21)20(27)25(11)9-14-5-6-16(29-14)19(26)24-2/h3-8H,9-10H2,1-2H3,(H,24,26). The minimum atomic E-state index is -0.726. The number of pyridine rings is 1. The molecule has 2 heterocycles. The van der Waals surface area contributed by atoms with Gasteiger partial charge in [-0.05, 0) is 47.1 Å². The van der Waals surface area contributed by atoms with Crippen LogP contribution in [0.1, 0.15) is 27.6 Å². The van der Waals surface area contributed by atoms with Gasteiger partial charge in [0.25, 0.3) is 11.5 Å². The van der Waals surface area contributed by atoms with E-state index in [9.17, 15) is 18.4 Å². The van der Waals surface area contributed by atoms with E-state index in [0.29, 0.717) is 11.5 Å². The number of halogens is 3. The summed E-state index contributed by atoms with van der Waals surface area (Å²) in [6.45, 7) is 1.66. The minimum absolute atomic E-state index is 0.118. The molecule has 29 heavy (non-hydrogen) atoms. The Hall–Kier alpha value is -2.94. The summed E-state index contributed by atoms with van der Waals surface area (Å²) in [5.74, 6) is -0.952. The fraction of sp³-hybridized carbons (Fsp3) is 0.200. The highest BCUT2D eigenvalue weighted by molar-refractivity contribution is 9.10. The number of nitrogens with zero attached hydrogens (tertiary/aromatic N) is 1. The van der Waals surface area contributed by atoms with E-state index in [0.717, 1.165) is 12.1 Å². The molecular formula is C20H17BrF2N2O4. The van der Waals surface area contributed by atoms with Gasteiger partial charge in [0.1, 0.15) is 34.2 Å². The Balaban J connectivity index is 1.81. The maximum atomic E-state index is 13.8. The van der Waals surface area contributed by atoms with Crippen molar-refractivity contribution < 1.29 is 22.7 Å². The van der Waals surface area contributed by atoms with Gasteiger partial charge in [0.15, 0.2) is 5.76 Å². The summed E-state index contributed by atoms with van der Waals surface area (Å²) in [5.41, 5.74) is 0.362. The van der Waals surface area contributed by atoms with Crippen LogP contribution in [0, 0.1) is 18.6 Å². The normalized spacial score (nSPS) is 10.8. The predicted molar refractivity (Wildman–Crippen MR) is 105 cm³/mol. The van der Waals surface area contributed by atoms with E-state index in [4.69, 9.17) is 9.15 Å². The molecule has 0 saturated carbocycles. The largest absolute Gasteiger partial charge is 0.487 e. The minimum Gasteiger partial charge on any atom is -0.487 e. The molecule has 0 fully saturated rings. The summed E-state index contributed by atoms with van der Waals surface area (Å²) in [5, 5.41) is 2.46. The predicted octanol–water partition coefficient (Wildman–Crippen LogP) is 3.78. The molecule has 0 aliphatic rings. The third kappa shape index (κ3) is 4.56. The number of carbonyl (C=O) groups is 1. The molecule has 1 amide bonds. The molecule has 0 spiro atoms. The maximum Gasteiger partial charge on any atom is 0.286 e. The molecule has 6 nitrogen and oxygen atoms in total. The average molecular weight is 467 g/mol. The van der Waals surface area contributed by atoms with Gasteiger partial charge in [-0.25, -0.2) is 8.78 Å². The number of furan rings is 1. The number of benzene rings is 1. The fourth-order valence-corrected chi connectivity index (χ4v) is 3.12. The van der Waals surface area contributed by atoms with Crippen LogP contribution in [0.25, 0.3) is 0 Å². The highest BCUT2D eigenvalue weighted by Gasteiger charge is 2.16. The van der Waals surface area contributed by atoms with Gasteiger partial charge in [-0.15, -0.1) is 0 Å². The molecule has 0 saturated heterocycles. The van der Waals surface area contributed by atoms with Gasteiger partial charge < -0.3 is 19.0 Å². The maximum absolute atomic E-state index is 13.8. The number of amides is 1. The van der Waals surface area contributed by atoms with Gasteiger partial charge in [-0.1, -0.05) is 0 Å². The zero-order valence-electron chi connectivity index (χ0n) is 15.6. The average Bonchev–Trinajstić information content (AvgIpc) is 3.16. The van der Waals surface area contributed by atoms with Crippen molar-refractivity contribution in [1.29, 1.82) is 0 Å². The molecular weight excluding hydrogens is 450 g/mol. The number of aromatic nitrogens is 1. The lowest BCUT2D eigenvalue weighted by atomic mass is 10.2. The SMILES string of the molecule is CNC(=O)c1ccc(Cn2c(C)cc(OCc3ccc(F)cc3F)c(Br)c2=O)o1. The second kappa shape index (κ2) is 8.60. The molecule has 3 rings (SSSR count). The number of hydrogen-bond acceptors (Lipinski definition) is 4. The second-order valence-corrected chi connectivity index (χ2v) is 7.02. The lowest BCUT2D eigenvalue weighted by Crippen LogP contribution is -2.24. The number of aryl methyl sites for hydroxylation is 1. The lowest BCUT2D eigenvalue weighted by molar-refractivity contribution is 0.0933. The summed E-state index contributed by atoms with van der Waals surface area (Å²) < 4.78 is 39.4. The van der Waals surface area contributed by atoms with E-state index < -0.39 is 11.6 Å². The Morgan fingerprint density at radius 3 is 2.69 bits per heavy atom. The van der Waals surface area contributed by atoms with Crippen molar-refractivity contribution in [3.8, 4) is 5.75 Å². The van der Waals surface area contributed by atoms with Crippen molar-refractivity contribution in [2.24, 2.45) is 0 Å². The van der Waals surface area contributed by atoms with Crippen LogP contribution in [0.3, 0.4) is 0 Å². The number of ether oxygens (including phenoxy) is 1. The quantitative estimate of drug-likeness (QED) is 0.599. The van der Waals surface area contributed by atoms with Crippen LogP contribution in [0.4, 0.5) is 8.78 Å². The first-order chi connectivity index (χ1) is 13.8. The first-order valence-electron chi connectivity index (χ1n) is 8.57. The van der Waals surface area contributed by atoms with Crippen LogP contribution in [0.15, 0.2) is 50.1 Å². The Bertz CT molecular complexity index is 1120. The number of nitrogens with one attached hydrogen (secondary N) is 1. The van der Waals surface area contributed by atoms with Crippen molar-refractivity contribution >= 4 is 21.8 Å². The summed E-state index contributed by atoms with van der Waals surface area (Å²) in [4.78, 5) is 24.3. The molecule has 0 aliphatic carbocycles. The third-order valence-corrected chi connectivity index (χ3v) is 4.97. The van der Waals surface area contributed by atoms with Crippen molar-refractivity contribution in [2.75, 3.05) is 7.05 Å². The zero-order chi connectivity index (χ0) is 21.1. The molecule has 152 valence electrons. The molecule has 1 aromatic carbocycles. The van der Waals surface area contributed by atoms with Crippen molar-refractivity contribution in [2.45, 2.75) is 20.1 Å². The second-order valence-electron chi connectivity index (χ2n) is 6.22. The topological polar surface area (TPSA) is 73.5 Å². The Labute approximate surface area is 173 Å². The van der Waals surface area contributed by atoms with Gasteiger partial charge in [-0.2, -0.15) is 0 Å². The van der Waals surface area contributed by atoms with E-state index in [1.807, 2.05) is 0 Å². The first kappa shape index (κ1) is 20.8. The molecule has 9 heteroatoms. The van der Waals surface area contributed by atoms with Gasteiger partial charge in [0, 0.05) is 30.4 Å². The van der Waals surface area contributed by atoms with Gasteiger partial charge in [0.2, 0.25) is 0 Å². The van der Waals surface area contributed by atoms with Gasteiger partial charge in [-0.3, -0.25) is 9.59 Å². The molecule has 0 bridgehead atoms. The van der Waals surface area contributed by atoms with Crippen LogP contribution in [-0.4, -0.2) is 17.5 Å². The van der Waals surface area contributed by atoms with Crippen LogP contribution >= 0.6 is 15.9 Å². The lowest BCUT2D eigenvalue weighted by Gasteiger charge is -2.14. The molecule has 0 atom stereocenters. The van der Waals surface area contributed by atoms with E-state index in [-0.39, 0.29) is 46.2 Å². The van der Waals surface area contributed by atoms with Crippen LogP contribution in [0.5, 0.6) is 5.75 Å². The monoisotopic (exact) mass is 466 g/mol. The van der Waals surface area contributed by atoms with Crippen LogP contribution < -0.4 is 15.6 Å². The Kier molecular flexibility index (Phi) is 6.17. The number of rotatable bonds is 6. The molecule has 2 aromatic heterocycles. The van der Waals surface area contributed by atoms with E-state index in [1.165, 1.54) is 23.7 Å². The highest BCUT2D eigenvalue weighted by Crippen LogP contribution is 2.24. The number of carbonyl (C=O) groups excluding carboxylic acids is 1. The smallest absolute Gasteiger partial charge is 0.286 e. The molecule has 0 unspecified atom stereocenters. The van der Waals surface area contributed by atoms with Crippen molar-refractivity contribution in [3.63, 3.8) is 0 Å². The van der Waals surface area contributed by atoms with Crippen molar-refractivity contribution in [3.05, 3.63) is 85.6 Å². The fourth-order valence-electron chi connectivity index (χ4n) is 2.67. The van der Waals surface area contributed by atoms with E-state index >= 15 is 0 Å². The Morgan fingerprint density at radius 1 is 1.24 bits per heavy atom. The number of hydrogen-bond donors (Lipinski definition) is 1. The molecule has 3 aromatic rings. The molecule has 1 N–H and O–H groups in total. The first-order valence-corrected chi connectivity index (χ1v) is 9.37. The van der Waals surface area contributed by atoms with Crippen LogP contribution in [0.2, 0.25) is 0 Å². The summed E-state index contributed by atoms with van der Waals surface area (Å²) >= 11 is 3.22. The van der Waals surface area contributed by atoms with E-state index in [1.54, 1.807) is 19.1 Å². The third-order valence-electron chi connectivity index (χ3n) is 4.24. The molecule has 0 aliphatic heterocycles. The Morgan fingerprint density at radius 2 is 2.00 bits per heavy atom. The summed E-state index contributed by atoms with van der Waals surface area (Å²) in [6.07, 6.45) is 0.